The van der Waals surface area contributed by atoms with Gasteiger partial charge in [-0.3, -0.25) is 0 Å². The topological polar surface area (TPSA) is 29.5 Å². The lowest BCUT2D eigenvalue weighted by molar-refractivity contribution is -0.0195. The zero-order chi connectivity index (χ0) is 13.9. The Hall–Kier alpha value is -1.38. The molecule has 2 unspecified atom stereocenters. The van der Waals surface area contributed by atoms with Crippen LogP contribution >= 0.6 is 0 Å². The fourth-order valence-electron chi connectivity index (χ4n) is 3.27. The predicted molar refractivity (Wildman–Crippen MR) is 81.8 cm³/mol. The molecule has 2 heteroatoms. The second-order valence-electron chi connectivity index (χ2n) is 5.67. The van der Waals surface area contributed by atoms with Gasteiger partial charge < -0.3 is 9.84 Å². The molecule has 106 valence electrons. The van der Waals surface area contributed by atoms with Crippen molar-refractivity contribution in [3.8, 4) is 0 Å². The first-order valence-corrected chi connectivity index (χ1v) is 7.57. The molecule has 0 aliphatic carbocycles. The van der Waals surface area contributed by atoms with Crippen LogP contribution in [0.1, 0.15) is 37.0 Å². The number of hydrogen-bond acceptors (Lipinski definition) is 2. The third kappa shape index (κ3) is 2.46. The van der Waals surface area contributed by atoms with Gasteiger partial charge in [-0.05, 0) is 40.8 Å². The fraction of sp³-hybridized carbons (Fsp3) is 0.444. The Balaban J connectivity index is 2.04. The van der Waals surface area contributed by atoms with Gasteiger partial charge in [0.2, 0.25) is 0 Å². The van der Waals surface area contributed by atoms with Gasteiger partial charge >= 0.3 is 0 Å². The van der Waals surface area contributed by atoms with Gasteiger partial charge in [0.05, 0.1) is 12.7 Å². The number of ether oxygens (including phenoxy) is 1. The van der Waals surface area contributed by atoms with Crippen LogP contribution in [0.3, 0.4) is 0 Å². The molecule has 0 saturated heterocycles. The second-order valence-corrected chi connectivity index (χ2v) is 5.67. The molecule has 0 bridgehead atoms. The van der Waals surface area contributed by atoms with Crippen LogP contribution in [0, 0.1) is 5.92 Å². The number of aliphatic hydroxyl groups is 1. The molecule has 0 saturated carbocycles. The van der Waals surface area contributed by atoms with Crippen LogP contribution in [0.2, 0.25) is 0 Å². The molecule has 0 fully saturated rings. The average Bonchev–Trinajstić information content (AvgIpc) is 2.50. The summed E-state index contributed by atoms with van der Waals surface area (Å²) in [6.45, 7) is 3.12. The van der Waals surface area contributed by atoms with E-state index in [1.165, 1.54) is 21.9 Å². The molecule has 1 N–H and O–H groups in total. The van der Waals surface area contributed by atoms with Gasteiger partial charge in [0.1, 0.15) is 0 Å². The molecule has 2 nitrogen and oxygen atoms in total. The van der Waals surface area contributed by atoms with Crippen LogP contribution in [0.25, 0.3) is 10.8 Å². The Morgan fingerprint density at radius 2 is 2.00 bits per heavy atom. The molecule has 0 aromatic heterocycles. The maximum absolute atomic E-state index is 9.67. The summed E-state index contributed by atoms with van der Waals surface area (Å²) in [4.78, 5) is 0. The summed E-state index contributed by atoms with van der Waals surface area (Å²) in [6.07, 6.45) is 3.11. The van der Waals surface area contributed by atoms with E-state index in [2.05, 4.69) is 43.3 Å². The smallest absolute Gasteiger partial charge is 0.0877 e. The molecule has 1 heterocycles. The Morgan fingerprint density at radius 3 is 2.70 bits per heavy atom. The van der Waals surface area contributed by atoms with Gasteiger partial charge in [-0.1, -0.05) is 43.7 Å². The molecule has 3 rings (SSSR count). The highest BCUT2D eigenvalue weighted by molar-refractivity contribution is 5.84. The third-order valence-corrected chi connectivity index (χ3v) is 4.31. The Morgan fingerprint density at radius 1 is 1.25 bits per heavy atom. The van der Waals surface area contributed by atoms with E-state index >= 15 is 0 Å². The number of benzene rings is 2. The van der Waals surface area contributed by atoms with Crippen molar-refractivity contribution < 1.29 is 9.84 Å². The van der Waals surface area contributed by atoms with Crippen LogP contribution in [-0.4, -0.2) is 18.3 Å². The minimum atomic E-state index is 0.0494. The van der Waals surface area contributed by atoms with E-state index in [0.29, 0.717) is 0 Å². The SMILES string of the molecule is CCCC(CO)C1OCCc2cc3ccccc3cc21. The second kappa shape index (κ2) is 5.94. The van der Waals surface area contributed by atoms with E-state index in [4.69, 9.17) is 4.74 Å². The van der Waals surface area contributed by atoms with Gasteiger partial charge in [0, 0.05) is 12.5 Å². The zero-order valence-electron chi connectivity index (χ0n) is 12.0. The first kappa shape index (κ1) is 13.6. The number of hydrogen-bond donors (Lipinski definition) is 1. The Bertz CT molecular complexity index is 591. The van der Waals surface area contributed by atoms with Gasteiger partial charge in [-0.15, -0.1) is 0 Å². The summed E-state index contributed by atoms with van der Waals surface area (Å²) < 4.78 is 6.00. The lowest BCUT2D eigenvalue weighted by Gasteiger charge is -2.32. The summed E-state index contributed by atoms with van der Waals surface area (Å²) in [5.41, 5.74) is 2.66. The minimum absolute atomic E-state index is 0.0494. The molecule has 1 aliphatic rings. The van der Waals surface area contributed by atoms with Crippen LogP contribution in [-0.2, 0) is 11.2 Å². The van der Waals surface area contributed by atoms with Crippen molar-refractivity contribution in [1.82, 2.24) is 0 Å². The molecule has 0 radical (unpaired) electrons. The molecular formula is C18H22O2. The summed E-state index contributed by atoms with van der Waals surface area (Å²) in [5, 5.41) is 12.2. The summed E-state index contributed by atoms with van der Waals surface area (Å²) >= 11 is 0. The van der Waals surface area contributed by atoms with Crippen molar-refractivity contribution >= 4 is 10.8 Å². The quantitative estimate of drug-likeness (QED) is 0.914. The van der Waals surface area contributed by atoms with Crippen molar-refractivity contribution in [3.63, 3.8) is 0 Å². The monoisotopic (exact) mass is 270 g/mol. The van der Waals surface area contributed by atoms with Gasteiger partial charge in [-0.25, -0.2) is 0 Å². The maximum atomic E-state index is 9.67. The van der Waals surface area contributed by atoms with Gasteiger partial charge in [0.25, 0.3) is 0 Å². The van der Waals surface area contributed by atoms with Gasteiger partial charge in [0.15, 0.2) is 0 Å². The summed E-state index contributed by atoms with van der Waals surface area (Å²) in [5.74, 6) is 0.209. The standard InChI is InChI=1S/C18H22O2/c1-2-5-16(12-19)18-17-11-14-7-4-3-6-13(14)10-15(17)8-9-20-18/h3-4,6-7,10-11,16,18-19H,2,5,8-9,12H2,1H3. The highest BCUT2D eigenvalue weighted by atomic mass is 16.5. The minimum Gasteiger partial charge on any atom is -0.396 e. The van der Waals surface area contributed by atoms with Crippen LogP contribution in [0.15, 0.2) is 36.4 Å². The summed E-state index contributed by atoms with van der Waals surface area (Å²) in [7, 11) is 0. The predicted octanol–water partition coefficient (Wildman–Crippen LogP) is 3.86. The van der Waals surface area contributed by atoms with Crippen LogP contribution in [0.5, 0.6) is 0 Å². The van der Waals surface area contributed by atoms with E-state index < -0.39 is 0 Å². The van der Waals surface area contributed by atoms with Crippen molar-refractivity contribution in [2.75, 3.05) is 13.2 Å². The molecule has 0 spiro atoms. The van der Waals surface area contributed by atoms with Crippen molar-refractivity contribution in [2.24, 2.45) is 5.92 Å². The molecular weight excluding hydrogens is 248 g/mol. The van der Waals surface area contributed by atoms with Crippen molar-refractivity contribution in [2.45, 2.75) is 32.3 Å². The Labute approximate surface area is 120 Å². The van der Waals surface area contributed by atoms with E-state index in [-0.39, 0.29) is 18.6 Å². The van der Waals surface area contributed by atoms with E-state index in [9.17, 15) is 5.11 Å². The number of fused-ring (bicyclic) bond motifs is 2. The molecule has 20 heavy (non-hydrogen) atoms. The Kier molecular flexibility index (Phi) is 4.04. The van der Waals surface area contributed by atoms with Crippen LogP contribution < -0.4 is 0 Å². The molecule has 0 amide bonds. The average molecular weight is 270 g/mol. The largest absolute Gasteiger partial charge is 0.396 e. The zero-order valence-corrected chi connectivity index (χ0v) is 12.0. The number of aliphatic hydroxyl groups excluding tert-OH is 1. The lowest BCUT2D eigenvalue weighted by Crippen LogP contribution is -2.25. The highest BCUT2D eigenvalue weighted by Gasteiger charge is 2.28. The molecule has 2 aromatic carbocycles. The lowest BCUT2D eigenvalue weighted by atomic mass is 9.86. The van der Waals surface area contributed by atoms with E-state index in [1.54, 1.807) is 0 Å². The molecule has 2 atom stereocenters. The molecule has 2 aromatic rings. The summed E-state index contributed by atoms with van der Waals surface area (Å²) in [6, 6.07) is 13.0. The normalized spacial score (nSPS) is 19.8. The van der Waals surface area contributed by atoms with Gasteiger partial charge in [-0.2, -0.15) is 0 Å². The number of rotatable bonds is 4. The maximum Gasteiger partial charge on any atom is 0.0877 e. The first-order valence-electron chi connectivity index (χ1n) is 7.57. The van der Waals surface area contributed by atoms with Crippen molar-refractivity contribution in [3.05, 3.63) is 47.5 Å². The molecule has 1 aliphatic heterocycles. The highest BCUT2D eigenvalue weighted by Crippen LogP contribution is 2.37. The first-order chi connectivity index (χ1) is 9.83. The van der Waals surface area contributed by atoms with Crippen molar-refractivity contribution in [1.29, 1.82) is 0 Å². The van der Waals surface area contributed by atoms with Crippen LogP contribution in [0.4, 0.5) is 0 Å². The van der Waals surface area contributed by atoms with E-state index in [1.807, 2.05) is 0 Å². The van der Waals surface area contributed by atoms with E-state index in [0.717, 1.165) is 25.9 Å². The fourth-order valence-corrected chi connectivity index (χ4v) is 3.27. The third-order valence-electron chi connectivity index (χ3n) is 4.31.